The van der Waals surface area contributed by atoms with Gasteiger partial charge in [0.15, 0.2) is 11.5 Å². The average Bonchev–Trinajstić information content (AvgIpc) is 2.48. The number of benzene rings is 1. The van der Waals surface area contributed by atoms with Gasteiger partial charge in [0, 0.05) is 25.5 Å². The van der Waals surface area contributed by atoms with Gasteiger partial charge in [0.1, 0.15) is 0 Å². The Balaban J connectivity index is 0.00000242. The van der Waals surface area contributed by atoms with E-state index in [4.69, 9.17) is 9.47 Å². The molecule has 2 rings (SSSR count). The minimum Gasteiger partial charge on any atom is -0.492 e. The summed E-state index contributed by atoms with van der Waals surface area (Å²) >= 11 is 3.52. The molecule has 0 spiro atoms. The van der Waals surface area contributed by atoms with E-state index < -0.39 is 0 Å². The number of pyridine rings is 1. The molecule has 1 aromatic carbocycles. The molecule has 0 unspecified atom stereocenters. The van der Waals surface area contributed by atoms with Crippen molar-refractivity contribution in [2.24, 2.45) is 0 Å². The van der Waals surface area contributed by atoms with Crippen LogP contribution in [0.25, 0.3) is 0 Å². The van der Waals surface area contributed by atoms with E-state index in [0.29, 0.717) is 6.61 Å². The van der Waals surface area contributed by atoms with Crippen LogP contribution >= 0.6 is 28.3 Å². The van der Waals surface area contributed by atoms with Crippen molar-refractivity contribution in [1.82, 2.24) is 10.3 Å². The molecule has 4 nitrogen and oxygen atoms in total. The molecule has 120 valence electrons. The quantitative estimate of drug-likeness (QED) is 0.781. The molecular weight excluding hydrogens is 368 g/mol. The molecular formula is C16H20BrClN2O2. The fraction of sp³-hybridized carbons (Fsp3) is 0.312. The second-order valence-electron chi connectivity index (χ2n) is 4.51. The van der Waals surface area contributed by atoms with Crippen molar-refractivity contribution in [2.75, 3.05) is 13.7 Å². The van der Waals surface area contributed by atoms with Crippen LogP contribution in [0.3, 0.4) is 0 Å². The second-order valence-corrected chi connectivity index (χ2v) is 5.36. The Morgan fingerprint density at radius 3 is 2.64 bits per heavy atom. The fourth-order valence-electron chi connectivity index (χ4n) is 2.04. The third-order valence-electron chi connectivity index (χ3n) is 2.95. The van der Waals surface area contributed by atoms with E-state index in [1.54, 1.807) is 13.3 Å². The molecule has 6 heteroatoms. The Morgan fingerprint density at radius 1 is 1.23 bits per heavy atom. The summed E-state index contributed by atoms with van der Waals surface area (Å²) in [4.78, 5) is 4.10. The van der Waals surface area contributed by atoms with Crippen LogP contribution in [0.5, 0.6) is 11.5 Å². The van der Waals surface area contributed by atoms with Gasteiger partial charge in [0.2, 0.25) is 0 Å². The van der Waals surface area contributed by atoms with Gasteiger partial charge in [-0.05, 0) is 52.2 Å². The number of methoxy groups -OCH3 is 1. The third kappa shape index (κ3) is 5.16. The normalized spacial score (nSPS) is 9.95. The molecule has 0 bridgehead atoms. The van der Waals surface area contributed by atoms with Crippen molar-refractivity contribution < 1.29 is 9.47 Å². The zero-order chi connectivity index (χ0) is 15.1. The minimum atomic E-state index is 0. The summed E-state index contributed by atoms with van der Waals surface area (Å²) in [5.74, 6) is 1.49. The Bertz CT molecular complexity index is 582. The lowest BCUT2D eigenvalue weighted by Gasteiger charge is -2.13. The zero-order valence-electron chi connectivity index (χ0n) is 12.6. The predicted molar refractivity (Wildman–Crippen MR) is 93.9 cm³/mol. The first-order valence-electron chi connectivity index (χ1n) is 6.83. The summed E-state index contributed by atoms with van der Waals surface area (Å²) < 4.78 is 11.9. The summed E-state index contributed by atoms with van der Waals surface area (Å²) in [7, 11) is 1.64. The monoisotopic (exact) mass is 386 g/mol. The Kier molecular flexibility index (Phi) is 8.24. The molecule has 22 heavy (non-hydrogen) atoms. The molecule has 1 heterocycles. The fourth-order valence-corrected chi connectivity index (χ4v) is 2.69. The molecule has 1 aromatic heterocycles. The molecule has 1 N–H and O–H groups in total. The maximum atomic E-state index is 5.62. The summed E-state index contributed by atoms with van der Waals surface area (Å²) in [5.41, 5.74) is 2.30. The van der Waals surface area contributed by atoms with E-state index in [1.807, 2.05) is 31.3 Å². The van der Waals surface area contributed by atoms with E-state index in [1.165, 1.54) is 0 Å². The summed E-state index contributed by atoms with van der Waals surface area (Å²) in [5, 5.41) is 3.39. The Hall–Kier alpha value is -1.30. The molecule has 0 saturated heterocycles. The standard InChI is InChI=1S/C16H19BrN2O2.ClH/c1-3-21-15-8-13(7-14(17)16(15)20-2)11-19-10-12-5-4-6-18-9-12;/h4-9,19H,3,10-11H2,1-2H3;1H. The van der Waals surface area contributed by atoms with Gasteiger partial charge in [0.25, 0.3) is 0 Å². The number of aromatic nitrogens is 1. The lowest BCUT2D eigenvalue weighted by Crippen LogP contribution is -2.13. The van der Waals surface area contributed by atoms with Crippen molar-refractivity contribution >= 4 is 28.3 Å². The van der Waals surface area contributed by atoms with Gasteiger partial charge in [-0.25, -0.2) is 0 Å². The van der Waals surface area contributed by atoms with Crippen LogP contribution in [0, 0.1) is 0 Å². The number of hydrogen-bond donors (Lipinski definition) is 1. The van der Waals surface area contributed by atoms with Crippen molar-refractivity contribution in [2.45, 2.75) is 20.0 Å². The summed E-state index contributed by atoms with van der Waals surface area (Å²) in [6, 6.07) is 8.03. The smallest absolute Gasteiger partial charge is 0.174 e. The highest BCUT2D eigenvalue weighted by molar-refractivity contribution is 9.10. The van der Waals surface area contributed by atoms with Crippen LogP contribution in [-0.2, 0) is 13.1 Å². The maximum absolute atomic E-state index is 5.62. The molecule has 0 aliphatic carbocycles. The van der Waals surface area contributed by atoms with E-state index in [0.717, 1.165) is 40.2 Å². The van der Waals surface area contributed by atoms with Crippen molar-refractivity contribution in [3.63, 3.8) is 0 Å². The molecule has 0 amide bonds. The van der Waals surface area contributed by atoms with Crippen molar-refractivity contribution in [3.05, 3.63) is 52.3 Å². The zero-order valence-corrected chi connectivity index (χ0v) is 15.0. The Morgan fingerprint density at radius 2 is 2.00 bits per heavy atom. The highest BCUT2D eigenvalue weighted by Gasteiger charge is 2.10. The van der Waals surface area contributed by atoms with Gasteiger partial charge in [0.05, 0.1) is 18.2 Å². The second kappa shape index (κ2) is 9.66. The van der Waals surface area contributed by atoms with Crippen molar-refractivity contribution in [3.8, 4) is 11.5 Å². The number of hydrogen-bond acceptors (Lipinski definition) is 4. The van der Waals surface area contributed by atoms with Crippen LogP contribution in [-0.4, -0.2) is 18.7 Å². The highest BCUT2D eigenvalue weighted by Crippen LogP contribution is 2.36. The largest absolute Gasteiger partial charge is 0.492 e. The predicted octanol–water partition coefficient (Wildman–Crippen LogP) is 3.96. The summed E-state index contributed by atoms with van der Waals surface area (Å²) in [6.45, 7) is 4.09. The van der Waals surface area contributed by atoms with Crippen LogP contribution in [0.2, 0.25) is 0 Å². The van der Waals surface area contributed by atoms with Crippen LogP contribution < -0.4 is 14.8 Å². The van der Waals surface area contributed by atoms with Gasteiger partial charge in [-0.3, -0.25) is 4.98 Å². The molecule has 0 radical (unpaired) electrons. The number of ether oxygens (including phenoxy) is 2. The molecule has 2 aromatic rings. The molecule has 0 saturated carbocycles. The van der Waals surface area contributed by atoms with E-state index >= 15 is 0 Å². The van der Waals surface area contributed by atoms with Crippen LogP contribution in [0.1, 0.15) is 18.1 Å². The first-order valence-corrected chi connectivity index (χ1v) is 7.62. The Labute approximate surface area is 145 Å². The number of nitrogens with one attached hydrogen (secondary N) is 1. The number of halogens is 2. The highest BCUT2D eigenvalue weighted by atomic mass is 79.9. The van der Waals surface area contributed by atoms with E-state index in [9.17, 15) is 0 Å². The van der Waals surface area contributed by atoms with E-state index in [2.05, 4.69) is 32.3 Å². The molecule has 0 aliphatic heterocycles. The van der Waals surface area contributed by atoms with Crippen LogP contribution in [0.15, 0.2) is 41.1 Å². The van der Waals surface area contributed by atoms with Gasteiger partial charge in [-0.1, -0.05) is 6.07 Å². The van der Waals surface area contributed by atoms with Gasteiger partial charge in [-0.15, -0.1) is 12.4 Å². The van der Waals surface area contributed by atoms with Gasteiger partial charge >= 0.3 is 0 Å². The SMILES string of the molecule is CCOc1cc(CNCc2cccnc2)cc(Br)c1OC.Cl. The van der Waals surface area contributed by atoms with Crippen molar-refractivity contribution in [1.29, 1.82) is 0 Å². The number of nitrogens with zero attached hydrogens (tertiary/aromatic N) is 1. The lowest BCUT2D eigenvalue weighted by atomic mass is 10.2. The van der Waals surface area contributed by atoms with Gasteiger partial charge in [-0.2, -0.15) is 0 Å². The van der Waals surface area contributed by atoms with Gasteiger partial charge < -0.3 is 14.8 Å². The molecule has 0 fully saturated rings. The third-order valence-corrected chi connectivity index (χ3v) is 3.54. The maximum Gasteiger partial charge on any atom is 0.174 e. The first kappa shape index (κ1) is 18.7. The van der Waals surface area contributed by atoms with E-state index in [-0.39, 0.29) is 12.4 Å². The minimum absolute atomic E-state index is 0. The topological polar surface area (TPSA) is 43.4 Å². The molecule has 0 aliphatic rings. The first-order chi connectivity index (χ1) is 10.2. The molecule has 0 atom stereocenters. The number of rotatable bonds is 7. The lowest BCUT2D eigenvalue weighted by molar-refractivity contribution is 0.309. The summed E-state index contributed by atoms with van der Waals surface area (Å²) in [6.07, 6.45) is 3.64. The van der Waals surface area contributed by atoms with Crippen LogP contribution in [0.4, 0.5) is 0 Å². The average molecular weight is 388 g/mol.